The molecule has 0 atom stereocenters. The number of nitrogens with one attached hydrogen (secondary N) is 2. The average molecular weight is 489 g/mol. The predicted molar refractivity (Wildman–Crippen MR) is 124 cm³/mol. The van der Waals surface area contributed by atoms with E-state index in [1.165, 1.54) is 39.1 Å². The highest BCUT2D eigenvalue weighted by molar-refractivity contribution is 14.0. The highest BCUT2D eigenvalue weighted by Gasteiger charge is 2.12. The number of halogens is 1. The SMILES string of the molecule is CCNC(=NCc1cccc(OC)c1)NCCCCN1CCN(C)CC1.I. The van der Waals surface area contributed by atoms with Crippen LogP contribution in [0.15, 0.2) is 29.3 Å². The van der Waals surface area contributed by atoms with Crippen molar-refractivity contribution in [1.82, 2.24) is 20.4 Å². The zero-order valence-electron chi connectivity index (χ0n) is 17.0. The molecule has 0 aromatic heterocycles. The van der Waals surface area contributed by atoms with Crippen molar-refractivity contribution >= 4 is 29.9 Å². The molecule has 154 valence electrons. The van der Waals surface area contributed by atoms with Crippen LogP contribution in [-0.2, 0) is 6.54 Å². The summed E-state index contributed by atoms with van der Waals surface area (Å²) in [5.74, 6) is 1.76. The molecule has 0 unspecified atom stereocenters. The number of rotatable bonds is 9. The van der Waals surface area contributed by atoms with E-state index in [1.807, 2.05) is 18.2 Å². The summed E-state index contributed by atoms with van der Waals surface area (Å²) in [6, 6.07) is 8.06. The first-order chi connectivity index (χ1) is 12.7. The van der Waals surface area contributed by atoms with Gasteiger partial charge in [0.25, 0.3) is 0 Å². The number of aliphatic imine (C=N–C) groups is 1. The van der Waals surface area contributed by atoms with Crippen LogP contribution in [0, 0.1) is 0 Å². The van der Waals surface area contributed by atoms with E-state index in [9.17, 15) is 0 Å². The van der Waals surface area contributed by atoms with Crippen molar-refractivity contribution in [2.45, 2.75) is 26.3 Å². The number of benzene rings is 1. The number of hydrogen-bond acceptors (Lipinski definition) is 4. The highest BCUT2D eigenvalue weighted by atomic mass is 127. The van der Waals surface area contributed by atoms with E-state index in [1.54, 1.807) is 7.11 Å². The monoisotopic (exact) mass is 489 g/mol. The summed E-state index contributed by atoms with van der Waals surface area (Å²) in [4.78, 5) is 9.65. The minimum Gasteiger partial charge on any atom is -0.497 e. The lowest BCUT2D eigenvalue weighted by Crippen LogP contribution is -2.44. The van der Waals surface area contributed by atoms with Crippen LogP contribution >= 0.6 is 24.0 Å². The van der Waals surface area contributed by atoms with Crippen molar-refractivity contribution in [1.29, 1.82) is 0 Å². The summed E-state index contributed by atoms with van der Waals surface area (Å²) in [7, 11) is 3.89. The largest absolute Gasteiger partial charge is 0.497 e. The molecule has 1 fully saturated rings. The number of likely N-dealkylation sites (N-methyl/N-ethyl adjacent to an activating group) is 1. The first-order valence-electron chi connectivity index (χ1n) is 9.77. The highest BCUT2D eigenvalue weighted by Crippen LogP contribution is 2.13. The van der Waals surface area contributed by atoms with E-state index < -0.39 is 0 Å². The van der Waals surface area contributed by atoms with Crippen molar-refractivity contribution in [3.05, 3.63) is 29.8 Å². The minimum atomic E-state index is 0. The third-order valence-corrected chi connectivity index (χ3v) is 4.69. The lowest BCUT2D eigenvalue weighted by Gasteiger charge is -2.32. The van der Waals surface area contributed by atoms with E-state index in [2.05, 4.69) is 45.5 Å². The molecule has 0 radical (unpaired) electrons. The zero-order valence-corrected chi connectivity index (χ0v) is 19.4. The van der Waals surface area contributed by atoms with Gasteiger partial charge in [-0.25, -0.2) is 4.99 Å². The molecule has 27 heavy (non-hydrogen) atoms. The van der Waals surface area contributed by atoms with Crippen LogP contribution < -0.4 is 15.4 Å². The van der Waals surface area contributed by atoms with Crippen LogP contribution in [0.3, 0.4) is 0 Å². The van der Waals surface area contributed by atoms with Gasteiger partial charge < -0.3 is 25.2 Å². The number of piperazine rings is 1. The van der Waals surface area contributed by atoms with Crippen molar-refractivity contribution < 1.29 is 4.74 Å². The van der Waals surface area contributed by atoms with Crippen LogP contribution in [-0.4, -0.2) is 75.7 Å². The molecule has 1 aromatic rings. The lowest BCUT2D eigenvalue weighted by atomic mass is 10.2. The van der Waals surface area contributed by atoms with Crippen LogP contribution in [0.5, 0.6) is 5.75 Å². The second kappa shape index (κ2) is 14.0. The summed E-state index contributed by atoms with van der Waals surface area (Å²) in [6.45, 7) is 10.6. The van der Waals surface area contributed by atoms with E-state index >= 15 is 0 Å². The summed E-state index contributed by atoms with van der Waals surface area (Å²) in [5, 5.41) is 6.76. The summed E-state index contributed by atoms with van der Waals surface area (Å²) < 4.78 is 5.27. The Kier molecular flexibility index (Phi) is 12.4. The fraction of sp³-hybridized carbons (Fsp3) is 0.650. The van der Waals surface area contributed by atoms with Gasteiger partial charge in [0.1, 0.15) is 5.75 Å². The Morgan fingerprint density at radius 1 is 1.15 bits per heavy atom. The van der Waals surface area contributed by atoms with Crippen molar-refractivity contribution in [3.63, 3.8) is 0 Å². The third-order valence-electron chi connectivity index (χ3n) is 4.69. The van der Waals surface area contributed by atoms with E-state index in [0.717, 1.165) is 36.8 Å². The van der Waals surface area contributed by atoms with Gasteiger partial charge in [-0.05, 0) is 51.1 Å². The Morgan fingerprint density at radius 2 is 1.93 bits per heavy atom. The van der Waals surface area contributed by atoms with Gasteiger partial charge in [0, 0.05) is 39.3 Å². The topological polar surface area (TPSA) is 52.1 Å². The smallest absolute Gasteiger partial charge is 0.191 e. The Labute approximate surface area is 181 Å². The van der Waals surface area contributed by atoms with Crippen molar-refractivity contribution in [2.75, 3.05) is 60.0 Å². The molecule has 0 aliphatic carbocycles. The van der Waals surface area contributed by atoms with Gasteiger partial charge in [-0.1, -0.05) is 12.1 Å². The zero-order chi connectivity index (χ0) is 18.6. The van der Waals surface area contributed by atoms with Gasteiger partial charge in [0.2, 0.25) is 0 Å². The van der Waals surface area contributed by atoms with E-state index in [0.29, 0.717) is 6.54 Å². The maximum atomic E-state index is 5.27. The van der Waals surface area contributed by atoms with Crippen LogP contribution in [0.4, 0.5) is 0 Å². The number of hydrogen-bond donors (Lipinski definition) is 2. The number of guanidine groups is 1. The standard InChI is InChI=1S/C20H35N5O.HI/c1-4-21-20(23-17-18-8-7-9-19(16-18)26-3)22-10-5-6-11-25-14-12-24(2)13-15-25;/h7-9,16H,4-6,10-15,17H2,1-3H3,(H2,21,22,23);1H. The molecule has 7 heteroatoms. The molecule has 1 aromatic carbocycles. The molecule has 0 saturated carbocycles. The molecule has 2 N–H and O–H groups in total. The Morgan fingerprint density at radius 3 is 2.63 bits per heavy atom. The lowest BCUT2D eigenvalue weighted by molar-refractivity contribution is 0.152. The van der Waals surface area contributed by atoms with Crippen LogP contribution in [0.2, 0.25) is 0 Å². The molecule has 0 bridgehead atoms. The molecule has 1 aliphatic rings. The Hall–Kier alpha value is -1.06. The molecule has 2 rings (SSSR count). The molecule has 0 amide bonds. The van der Waals surface area contributed by atoms with Crippen LogP contribution in [0.1, 0.15) is 25.3 Å². The average Bonchev–Trinajstić information content (AvgIpc) is 2.67. The first kappa shape index (κ1) is 24.0. The fourth-order valence-electron chi connectivity index (χ4n) is 3.02. The molecule has 1 saturated heterocycles. The van der Waals surface area contributed by atoms with E-state index in [-0.39, 0.29) is 24.0 Å². The number of ether oxygens (including phenoxy) is 1. The second-order valence-electron chi connectivity index (χ2n) is 6.83. The summed E-state index contributed by atoms with van der Waals surface area (Å²) >= 11 is 0. The molecular weight excluding hydrogens is 453 g/mol. The van der Waals surface area contributed by atoms with Gasteiger partial charge in [-0.15, -0.1) is 24.0 Å². The molecule has 1 aliphatic heterocycles. The van der Waals surface area contributed by atoms with Crippen molar-refractivity contribution in [3.8, 4) is 5.75 Å². The molecular formula is C20H36IN5O. The number of unbranched alkanes of at least 4 members (excludes halogenated alkanes) is 1. The van der Waals surface area contributed by atoms with E-state index in [4.69, 9.17) is 4.74 Å². The molecule has 0 spiro atoms. The Balaban J connectivity index is 0.00000364. The minimum absolute atomic E-state index is 0. The predicted octanol–water partition coefficient (Wildman–Crippen LogP) is 2.40. The van der Waals surface area contributed by atoms with Gasteiger partial charge in [-0.3, -0.25) is 0 Å². The quantitative estimate of drug-likeness (QED) is 0.242. The third kappa shape index (κ3) is 9.62. The maximum Gasteiger partial charge on any atom is 0.191 e. The van der Waals surface area contributed by atoms with Crippen LogP contribution in [0.25, 0.3) is 0 Å². The van der Waals surface area contributed by atoms with Crippen molar-refractivity contribution in [2.24, 2.45) is 4.99 Å². The summed E-state index contributed by atoms with van der Waals surface area (Å²) in [5.41, 5.74) is 1.15. The number of methoxy groups -OCH3 is 1. The van der Waals surface area contributed by atoms with Gasteiger partial charge in [-0.2, -0.15) is 0 Å². The normalized spacial score (nSPS) is 15.9. The molecule has 6 nitrogen and oxygen atoms in total. The first-order valence-corrected chi connectivity index (χ1v) is 9.77. The Bertz CT molecular complexity index is 547. The van der Waals surface area contributed by atoms with Gasteiger partial charge in [0.15, 0.2) is 5.96 Å². The summed E-state index contributed by atoms with van der Waals surface area (Å²) in [6.07, 6.45) is 2.39. The maximum absolute atomic E-state index is 5.27. The number of nitrogens with zero attached hydrogens (tertiary/aromatic N) is 3. The van der Waals surface area contributed by atoms with Gasteiger partial charge in [0.05, 0.1) is 13.7 Å². The van der Waals surface area contributed by atoms with Gasteiger partial charge >= 0.3 is 0 Å². The molecule has 1 heterocycles. The fourth-order valence-corrected chi connectivity index (χ4v) is 3.02. The second-order valence-corrected chi connectivity index (χ2v) is 6.83.